The maximum absolute atomic E-state index is 11.7. The van der Waals surface area contributed by atoms with Gasteiger partial charge in [-0.15, -0.1) is 0 Å². The fourth-order valence-electron chi connectivity index (χ4n) is 1.49. The lowest BCUT2D eigenvalue weighted by molar-refractivity contribution is 0.0931. The summed E-state index contributed by atoms with van der Waals surface area (Å²) in [7, 11) is 0. The van der Waals surface area contributed by atoms with Crippen molar-refractivity contribution in [1.29, 1.82) is 0 Å². The van der Waals surface area contributed by atoms with Crippen LogP contribution in [-0.4, -0.2) is 31.9 Å². The van der Waals surface area contributed by atoms with Crippen LogP contribution in [0.25, 0.3) is 0 Å². The number of hydrogen-bond acceptors (Lipinski definition) is 4. The minimum atomic E-state index is -0.228. The lowest BCUT2D eigenvalue weighted by atomic mass is 10.3. The third kappa shape index (κ3) is 2.83. The van der Waals surface area contributed by atoms with Crippen LogP contribution < -0.4 is 11.1 Å². The highest BCUT2D eigenvalue weighted by Gasteiger charge is 2.12. The van der Waals surface area contributed by atoms with Gasteiger partial charge in [0.2, 0.25) is 0 Å². The van der Waals surface area contributed by atoms with E-state index >= 15 is 0 Å². The van der Waals surface area contributed by atoms with E-state index in [1.165, 1.54) is 6.07 Å². The number of carbonyl (C=O) groups is 1. The third-order valence-electron chi connectivity index (χ3n) is 2.24. The average molecular weight is 234 g/mol. The Kier molecular flexibility index (Phi) is 3.08. The van der Waals surface area contributed by atoms with Crippen LogP contribution in [0.5, 0.6) is 0 Å². The normalized spacial score (nSPS) is 12.3. The Hall–Kier alpha value is -2.31. The summed E-state index contributed by atoms with van der Waals surface area (Å²) in [6.45, 7) is 2.52. The molecule has 2 rings (SSSR count). The predicted octanol–water partition coefficient (Wildman–Crippen LogP) is 0.00690. The summed E-state index contributed by atoms with van der Waals surface area (Å²) in [5.41, 5.74) is 5.78. The number of aromatic nitrogens is 4. The van der Waals surface area contributed by atoms with Gasteiger partial charge in [0.1, 0.15) is 11.5 Å². The minimum absolute atomic E-state index is 0.0353. The first kappa shape index (κ1) is 11.2. The van der Waals surface area contributed by atoms with Gasteiger partial charge >= 0.3 is 0 Å². The third-order valence-corrected chi connectivity index (χ3v) is 2.24. The highest BCUT2D eigenvalue weighted by Crippen LogP contribution is 2.01. The van der Waals surface area contributed by atoms with Gasteiger partial charge in [0.05, 0.1) is 6.54 Å². The monoisotopic (exact) mass is 234 g/mol. The fraction of sp³-hybridized carbons (Fsp3) is 0.300. The molecule has 0 aliphatic heterocycles. The van der Waals surface area contributed by atoms with E-state index in [2.05, 4.69) is 20.6 Å². The Balaban J connectivity index is 1.90. The molecule has 1 unspecified atom stereocenters. The molecule has 7 heteroatoms. The largest absolute Gasteiger partial charge is 0.382 e. The number of nitrogens with two attached hydrogens (primary N) is 1. The molecule has 0 bridgehead atoms. The second-order valence-electron chi connectivity index (χ2n) is 3.81. The van der Waals surface area contributed by atoms with Crippen molar-refractivity contribution in [2.45, 2.75) is 19.5 Å². The van der Waals surface area contributed by atoms with E-state index < -0.39 is 0 Å². The molecule has 2 aromatic heterocycles. The molecular formula is C10H14N6O. The molecule has 0 radical (unpaired) electrons. The number of anilines is 1. The molecule has 0 saturated carbocycles. The molecule has 4 N–H and O–H groups in total. The second kappa shape index (κ2) is 4.69. The fourth-order valence-corrected chi connectivity index (χ4v) is 1.49. The number of nitrogens with zero attached hydrogens (tertiary/aromatic N) is 3. The maximum atomic E-state index is 11.7. The van der Waals surface area contributed by atoms with Gasteiger partial charge in [0.25, 0.3) is 5.91 Å². The summed E-state index contributed by atoms with van der Waals surface area (Å²) < 4.78 is 1.76. The summed E-state index contributed by atoms with van der Waals surface area (Å²) >= 11 is 0. The van der Waals surface area contributed by atoms with Gasteiger partial charge in [0, 0.05) is 24.5 Å². The summed E-state index contributed by atoms with van der Waals surface area (Å²) in [4.78, 5) is 11.7. The minimum Gasteiger partial charge on any atom is -0.382 e. The Morgan fingerprint density at radius 2 is 2.53 bits per heavy atom. The molecule has 0 saturated heterocycles. The molecule has 1 atom stereocenters. The van der Waals surface area contributed by atoms with Crippen LogP contribution in [0.1, 0.15) is 17.4 Å². The quantitative estimate of drug-likeness (QED) is 0.693. The van der Waals surface area contributed by atoms with Crippen LogP contribution in [0, 0.1) is 0 Å². The van der Waals surface area contributed by atoms with Gasteiger partial charge in [-0.05, 0) is 13.0 Å². The van der Waals surface area contributed by atoms with E-state index in [1.54, 1.807) is 10.9 Å². The highest BCUT2D eigenvalue weighted by atomic mass is 16.2. The van der Waals surface area contributed by atoms with Crippen molar-refractivity contribution in [3.8, 4) is 0 Å². The zero-order valence-electron chi connectivity index (χ0n) is 9.42. The summed E-state index contributed by atoms with van der Waals surface area (Å²) in [5.74, 6) is 0.0729. The Morgan fingerprint density at radius 3 is 3.12 bits per heavy atom. The van der Waals surface area contributed by atoms with Crippen LogP contribution in [0.4, 0.5) is 5.82 Å². The molecule has 0 aliphatic rings. The van der Waals surface area contributed by atoms with Crippen LogP contribution in [0.2, 0.25) is 0 Å². The summed E-state index contributed by atoms with van der Waals surface area (Å²) in [6, 6.07) is 3.30. The van der Waals surface area contributed by atoms with Crippen LogP contribution in [-0.2, 0) is 6.54 Å². The van der Waals surface area contributed by atoms with Crippen molar-refractivity contribution >= 4 is 11.7 Å². The average Bonchev–Trinajstić information content (AvgIpc) is 2.89. The number of hydrogen-bond donors (Lipinski definition) is 3. The van der Waals surface area contributed by atoms with E-state index in [0.717, 1.165) is 0 Å². The van der Waals surface area contributed by atoms with Gasteiger partial charge < -0.3 is 11.1 Å². The van der Waals surface area contributed by atoms with Gasteiger partial charge in [-0.1, -0.05) is 0 Å². The van der Waals surface area contributed by atoms with Gasteiger partial charge in [-0.25, -0.2) is 0 Å². The smallest absolute Gasteiger partial charge is 0.269 e. The zero-order chi connectivity index (χ0) is 12.3. The molecule has 0 fully saturated rings. The van der Waals surface area contributed by atoms with E-state index in [4.69, 9.17) is 5.73 Å². The SMILES string of the molecule is CC(Cn1cccn1)NC(=O)c1cc(N)n[nH]1. The van der Waals surface area contributed by atoms with Crippen LogP contribution in [0.15, 0.2) is 24.5 Å². The molecular weight excluding hydrogens is 220 g/mol. The number of aromatic amines is 1. The first-order chi connectivity index (χ1) is 8.15. The number of rotatable bonds is 4. The number of H-pyrrole nitrogens is 1. The second-order valence-corrected chi connectivity index (χ2v) is 3.81. The number of nitrogen functional groups attached to an aromatic ring is 1. The topological polar surface area (TPSA) is 102 Å². The maximum Gasteiger partial charge on any atom is 0.269 e. The van der Waals surface area contributed by atoms with E-state index in [-0.39, 0.29) is 11.9 Å². The van der Waals surface area contributed by atoms with Crippen molar-refractivity contribution < 1.29 is 4.79 Å². The van der Waals surface area contributed by atoms with Crippen LogP contribution in [0.3, 0.4) is 0 Å². The van der Waals surface area contributed by atoms with Gasteiger partial charge in [0.15, 0.2) is 0 Å². The molecule has 2 aromatic rings. The molecule has 0 aromatic carbocycles. The lowest BCUT2D eigenvalue weighted by Gasteiger charge is -2.12. The molecule has 2 heterocycles. The Labute approximate surface area is 98.0 Å². The zero-order valence-corrected chi connectivity index (χ0v) is 9.42. The highest BCUT2D eigenvalue weighted by molar-refractivity contribution is 5.93. The number of nitrogens with one attached hydrogen (secondary N) is 2. The standard InChI is InChI=1S/C10H14N6O/c1-7(6-16-4-2-3-12-16)13-10(17)8-5-9(11)15-14-8/h2-5,7H,6H2,1H3,(H,13,17)(H3,11,14,15). The van der Waals surface area contributed by atoms with Crippen molar-refractivity contribution in [2.24, 2.45) is 0 Å². The van der Waals surface area contributed by atoms with Crippen molar-refractivity contribution in [3.05, 3.63) is 30.2 Å². The Morgan fingerprint density at radius 1 is 1.71 bits per heavy atom. The number of amides is 1. The predicted molar refractivity (Wildman–Crippen MR) is 62.2 cm³/mol. The van der Waals surface area contributed by atoms with E-state index in [1.807, 2.05) is 19.2 Å². The lowest BCUT2D eigenvalue weighted by Crippen LogP contribution is -2.36. The van der Waals surface area contributed by atoms with Gasteiger partial charge in [-0.2, -0.15) is 10.2 Å². The molecule has 0 spiro atoms. The summed E-state index contributed by atoms with van der Waals surface area (Å²) in [5, 5.41) is 13.1. The molecule has 7 nitrogen and oxygen atoms in total. The van der Waals surface area contributed by atoms with Crippen molar-refractivity contribution in [3.63, 3.8) is 0 Å². The van der Waals surface area contributed by atoms with Crippen molar-refractivity contribution in [1.82, 2.24) is 25.3 Å². The summed E-state index contributed by atoms with van der Waals surface area (Å²) in [6.07, 6.45) is 3.54. The first-order valence-corrected chi connectivity index (χ1v) is 5.24. The van der Waals surface area contributed by atoms with Crippen LogP contribution >= 0.6 is 0 Å². The van der Waals surface area contributed by atoms with E-state index in [9.17, 15) is 4.79 Å². The Bertz CT molecular complexity index is 489. The molecule has 0 aliphatic carbocycles. The molecule has 90 valence electrons. The van der Waals surface area contributed by atoms with E-state index in [0.29, 0.717) is 18.1 Å². The van der Waals surface area contributed by atoms with Gasteiger partial charge in [-0.3, -0.25) is 14.6 Å². The van der Waals surface area contributed by atoms with Crippen molar-refractivity contribution in [2.75, 3.05) is 5.73 Å². The number of carbonyl (C=O) groups excluding carboxylic acids is 1. The first-order valence-electron chi connectivity index (χ1n) is 5.24. The molecule has 1 amide bonds. The molecule has 17 heavy (non-hydrogen) atoms.